The SMILES string of the molecule is Cc1ccnc(Nc2ccc3c(c2)OCO3)c1. The highest BCUT2D eigenvalue weighted by atomic mass is 16.7. The highest BCUT2D eigenvalue weighted by molar-refractivity contribution is 5.62. The number of pyridine rings is 1. The lowest BCUT2D eigenvalue weighted by atomic mass is 10.2. The first-order valence-corrected chi connectivity index (χ1v) is 5.40. The third-order valence-corrected chi connectivity index (χ3v) is 2.56. The molecular formula is C13H12N2O2. The normalized spacial score (nSPS) is 12.5. The quantitative estimate of drug-likeness (QED) is 0.858. The number of aromatic nitrogens is 1. The fourth-order valence-corrected chi connectivity index (χ4v) is 1.73. The Morgan fingerprint density at radius 1 is 1.12 bits per heavy atom. The fraction of sp³-hybridized carbons (Fsp3) is 0.154. The van der Waals surface area contributed by atoms with Crippen molar-refractivity contribution >= 4 is 11.5 Å². The van der Waals surface area contributed by atoms with Crippen LogP contribution in [0.3, 0.4) is 0 Å². The van der Waals surface area contributed by atoms with E-state index in [1.807, 2.05) is 37.3 Å². The Morgan fingerprint density at radius 3 is 2.88 bits per heavy atom. The summed E-state index contributed by atoms with van der Waals surface area (Å²) in [4.78, 5) is 4.25. The number of rotatable bonds is 2. The minimum Gasteiger partial charge on any atom is -0.454 e. The van der Waals surface area contributed by atoms with Gasteiger partial charge in [0.1, 0.15) is 5.82 Å². The Hall–Kier alpha value is -2.23. The lowest BCUT2D eigenvalue weighted by Gasteiger charge is -2.06. The van der Waals surface area contributed by atoms with E-state index >= 15 is 0 Å². The van der Waals surface area contributed by atoms with E-state index in [1.165, 1.54) is 5.56 Å². The molecule has 0 saturated carbocycles. The molecule has 2 heterocycles. The number of ether oxygens (including phenoxy) is 2. The second kappa shape index (κ2) is 3.97. The summed E-state index contributed by atoms with van der Waals surface area (Å²) in [6.07, 6.45) is 1.78. The van der Waals surface area contributed by atoms with E-state index < -0.39 is 0 Å². The Labute approximate surface area is 99.2 Å². The topological polar surface area (TPSA) is 43.4 Å². The number of nitrogens with zero attached hydrogens (tertiary/aromatic N) is 1. The van der Waals surface area contributed by atoms with Gasteiger partial charge < -0.3 is 14.8 Å². The summed E-state index contributed by atoms with van der Waals surface area (Å²) < 4.78 is 10.6. The smallest absolute Gasteiger partial charge is 0.231 e. The first kappa shape index (κ1) is 9.96. The van der Waals surface area contributed by atoms with Crippen molar-refractivity contribution in [2.24, 2.45) is 0 Å². The standard InChI is InChI=1S/C13H12N2O2/c1-9-4-5-14-13(6-9)15-10-2-3-11-12(7-10)17-8-16-11/h2-7H,8H2,1H3,(H,14,15). The molecule has 1 N–H and O–H groups in total. The molecule has 4 nitrogen and oxygen atoms in total. The summed E-state index contributed by atoms with van der Waals surface area (Å²) in [5, 5.41) is 3.23. The second-order valence-electron chi connectivity index (χ2n) is 3.91. The maximum absolute atomic E-state index is 5.32. The number of hydrogen-bond acceptors (Lipinski definition) is 4. The van der Waals surface area contributed by atoms with Crippen molar-refractivity contribution in [2.45, 2.75) is 6.92 Å². The van der Waals surface area contributed by atoms with Gasteiger partial charge in [-0.05, 0) is 36.8 Å². The molecule has 86 valence electrons. The summed E-state index contributed by atoms with van der Waals surface area (Å²) >= 11 is 0. The van der Waals surface area contributed by atoms with Gasteiger partial charge in [-0.25, -0.2) is 4.98 Å². The van der Waals surface area contributed by atoms with E-state index in [2.05, 4.69) is 10.3 Å². The second-order valence-corrected chi connectivity index (χ2v) is 3.91. The van der Waals surface area contributed by atoms with Crippen molar-refractivity contribution < 1.29 is 9.47 Å². The van der Waals surface area contributed by atoms with Crippen molar-refractivity contribution in [3.63, 3.8) is 0 Å². The van der Waals surface area contributed by atoms with Crippen LogP contribution >= 0.6 is 0 Å². The Morgan fingerprint density at radius 2 is 2.00 bits per heavy atom. The van der Waals surface area contributed by atoms with Gasteiger partial charge in [0, 0.05) is 18.0 Å². The van der Waals surface area contributed by atoms with Gasteiger partial charge in [0.05, 0.1) is 0 Å². The van der Waals surface area contributed by atoms with Crippen LogP contribution in [-0.4, -0.2) is 11.8 Å². The van der Waals surface area contributed by atoms with E-state index in [0.29, 0.717) is 6.79 Å². The molecule has 0 unspecified atom stereocenters. The molecule has 2 aromatic rings. The highest BCUT2D eigenvalue weighted by Gasteiger charge is 2.13. The van der Waals surface area contributed by atoms with Crippen molar-refractivity contribution in [3.8, 4) is 11.5 Å². The van der Waals surface area contributed by atoms with Crippen molar-refractivity contribution in [3.05, 3.63) is 42.1 Å². The number of aryl methyl sites for hydroxylation is 1. The molecule has 0 atom stereocenters. The number of fused-ring (bicyclic) bond motifs is 1. The van der Waals surface area contributed by atoms with Crippen LogP contribution in [0, 0.1) is 6.92 Å². The van der Waals surface area contributed by atoms with Crippen LogP contribution in [0.2, 0.25) is 0 Å². The predicted molar refractivity (Wildman–Crippen MR) is 64.8 cm³/mol. The summed E-state index contributed by atoms with van der Waals surface area (Å²) in [7, 11) is 0. The molecule has 0 fully saturated rings. The largest absolute Gasteiger partial charge is 0.454 e. The van der Waals surface area contributed by atoms with Crippen molar-refractivity contribution in [2.75, 3.05) is 12.1 Å². The Kier molecular flexibility index (Phi) is 2.33. The minimum atomic E-state index is 0.293. The van der Waals surface area contributed by atoms with Gasteiger partial charge in [0.25, 0.3) is 0 Å². The van der Waals surface area contributed by atoms with Gasteiger partial charge in [0.2, 0.25) is 6.79 Å². The zero-order valence-electron chi connectivity index (χ0n) is 9.43. The minimum absolute atomic E-state index is 0.293. The molecule has 0 radical (unpaired) electrons. The molecule has 0 spiro atoms. The lowest BCUT2D eigenvalue weighted by Crippen LogP contribution is -1.94. The average molecular weight is 228 g/mol. The van der Waals surface area contributed by atoms with Gasteiger partial charge in [0.15, 0.2) is 11.5 Å². The van der Waals surface area contributed by atoms with E-state index in [-0.39, 0.29) is 0 Å². The molecule has 1 aromatic heterocycles. The zero-order valence-corrected chi connectivity index (χ0v) is 9.43. The van der Waals surface area contributed by atoms with E-state index in [1.54, 1.807) is 6.20 Å². The van der Waals surface area contributed by atoms with Gasteiger partial charge in [-0.2, -0.15) is 0 Å². The molecule has 3 rings (SSSR count). The third-order valence-electron chi connectivity index (χ3n) is 2.56. The van der Waals surface area contributed by atoms with Gasteiger partial charge in [-0.1, -0.05) is 0 Å². The molecule has 1 aliphatic heterocycles. The predicted octanol–water partition coefficient (Wildman–Crippen LogP) is 2.86. The van der Waals surface area contributed by atoms with Crippen LogP contribution in [0.1, 0.15) is 5.56 Å². The van der Waals surface area contributed by atoms with Gasteiger partial charge >= 0.3 is 0 Å². The Bertz CT molecular complexity index is 555. The Balaban J connectivity index is 1.86. The summed E-state index contributed by atoms with van der Waals surface area (Å²) in [5.74, 6) is 2.37. The van der Waals surface area contributed by atoms with Crippen LogP contribution in [0.4, 0.5) is 11.5 Å². The van der Waals surface area contributed by atoms with E-state index in [4.69, 9.17) is 9.47 Å². The molecule has 0 saturated heterocycles. The van der Waals surface area contributed by atoms with E-state index in [0.717, 1.165) is 23.0 Å². The maximum Gasteiger partial charge on any atom is 0.231 e. The summed E-state index contributed by atoms with van der Waals surface area (Å²) in [6, 6.07) is 9.69. The average Bonchev–Trinajstić information content (AvgIpc) is 2.76. The van der Waals surface area contributed by atoms with Gasteiger partial charge in [-0.3, -0.25) is 0 Å². The van der Waals surface area contributed by atoms with Gasteiger partial charge in [-0.15, -0.1) is 0 Å². The van der Waals surface area contributed by atoms with Crippen LogP contribution < -0.4 is 14.8 Å². The lowest BCUT2D eigenvalue weighted by molar-refractivity contribution is 0.174. The number of hydrogen-bond donors (Lipinski definition) is 1. The number of anilines is 2. The first-order valence-electron chi connectivity index (χ1n) is 5.40. The zero-order chi connectivity index (χ0) is 11.7. The molecule has 0 bridgehead atoms. The molecule has 1 aromatic carbocycles. The summed E-state index contributed by atoms with van der Waals surface area (Å²) in [5.41, 5.74) is 2.11. The summed E-state index contributed by atoms with van der Waals surface area (Å²) in [6.45, 7) is 2.33. The monoisotopic (exact) mass is 228 g/mol. The van der Waals surface area contributed by atoms with Crippen LogP contribution in [0.5, 0.6) is 11.5 Å². The maximum atomic E-state index is 5.32. The number of nitrogens with one attached hydrogen (secondary N) is 1. The van der Waals surface area contributed by atoms with Crippen LogP contribution in [0.15, 0.2) is 36.5 Å². The molecule has 1 aliphatic rings. The molecule has 17 heavy (non-hydrogen) atoms. The molecule has 0 aliphatic carbocycles. The number of benzene rings is 1. The molecule has 4 heteroatoms. The van der Waals surface area contributed by atoms with Crippen LogP contribution in [-0.2, 0) is 0 Å². The molecule has 0 amide bonds. The van der Waals surface area contributed by atoms with Crippen molar-refractivity contribution in [1.29, 1.82) is 0 Å². The van der Waals surface area contributed by atoms with Crippen LogP contribution in [0.25, 0.3) is 0 Å². The fourth-order valence-electron chi connectivity index (χ4n) is 1.73. The first-order chi connectivity index (χ1) is 8.31. The van der Waals surface area contributed by atoms with E-state index in [9.17, 15) is 0 Å². The third kappa shape index (κ3) is 2.01. The molecular weight excluding hydrogens is 216 g/mol. The van der Waals surface area contributed by atoms with Crippen molar-refractivity contribution in [1.82, 2.24) is 4.98 Å². The highest BCUT2D eigenvalue weighted by Crippen LogP contribution is 2.34.